The van der Waals surface area contributed by atoms with Crippen LogP contribution in [0, 0.1) is 0 Å². The van der Waals surface area contributed by atoms with Crippen LogP contribution in [0.25, 0.3) is 0 Å². The summed E-state index contributed by atoms with van der Waals surface area (Å²) in [5.41, 5.74) is 2.30. The number of amides is 2. The molecule has 0 aliphatic carbocycles. The molecule has 0 saturated heterocycles. The van der Waals surface area contributed by atoms with Crippen LogP contribution in [0.2, 0.25) is 15.2 Å². The van der Waals surface area contributed by atoms with Crippen molar-refractivity contribution in [1.82, 2.24) is 15.1 Å². The van der Waals surface area contributed by atoms with Gasteiger partial charge >= 0.3 is 6.03 Å². The number of halogens is 3. The Kier molecular flexibility index (Phi) is 4.38. The SMILES string of the molecule is O=C(Nc1ccc(Cl)cc1Cl)N1CCc2cc(Cl)nnc2C1. The Balaban J connectivity index is 1.72. The summed E-state index contributed by atoms with van der Waals surface area (Å²) < 4.78 is 0. The van der Waals surface area contributed by atoms with Crippen LogP contribution in [0.3, 0.4) is 0 Å². The van der Waals surface area contributed by atoms with Crippen molar-refractivity contribution in [3.05, 3.63) is 50.7 Å². The first-order chi connectivity index (χ1) is 10.5. The third kappa shape index (κ3) is 3.27. The van der Waals surface area contributed by atoms with Gasteiger partial charge in [-0.15, -0.1) is 5.10 Å². The molecule has 0 atom stereocenters. The van der Waals surface area contributed by atoms with E-state index in [2.05, 4.69) is 15.5 Å². The molecule has 5 nitrogen and oxygen atoms in total. The normalized spacial score (nSPS) is 13.7. The van der Waals surface area contributed by atoms with Gasteiger partial charge in [-0.3, -0.25) is 0 Å². The zero-order valence-corrected chi connectivity index (χ0v) is 13.6. The maximum Gasteiger partial charge on any atom is 0.322 e. The molecule has 2 aromatic rings. The van der Waals surface area contributed by atoms with Gasteiger partial charge in [0.1, 0.15) is 0 Å². The van der Waals surface area contributed by atoms with E-state index in [1.54, 1.807) is 29.2 Å². The van der Waals surface area contributed by atoms with E-state index < -0.39 is 0 Å². The Hall–Kier alpha value is -1.56. The Morgan fingerprint density at radius 2 is 2.00 bits per heavy atom. The first-order valence-corrected chi connectivity index (χ1v) is 7.68. The second-order valence-corrected chi connectivity index (χ2v) is 6.10. The minimum atomic E-state index is -0.244. The molecule has 1 aromatic carbocycles. The number of hydrogen-bond donors (Lipinski definition) is 1. The summed E-state index contributed by atoms with van der Waals surface area (Å²) in [5, 5.41) is 11.9. The van der Waals surface area contributed by atoms with E-state index in [0.29, 0.717) is 40.4 Å². The number of aromatic nitrogens is 2. The summed E-state index contributed by atoms with van der Waals surface area (Å²) in [5.74, 6) is 0. The number of benzene rings is 1. The molecule has 22 heavy (non-hydrogen) atoms. The number of nitrogens with one attached hydrogen (secondary N) is 1. The fourth-order valence-corrected chi connectivity index (χ4v) is 2.88. The van der Waals surface area contributed by atoms with Crippen molar-refractivity contribution < 1.29 is 4.79 Å². The van der Waals surface area contributed by atoms with Crippen LogP contribution in [0.1, 0.15) is 11.3 Å². The minimum Gasteiger partial charge on any atom is -0.318 e. The highest BCUT2D eigenvalue weighted by atomic mass is 35.5. The molecule has 0 spiro atoms. The van der Waals surface area contributed by atoms with Crippen molar-refractivity contribution in [2.75, 3.05) is 11.9 Å². The highest BCUT2D eigenvalue weighted by molar-refractivity contribution is 6.36. The highest BCUT2D eigenvalue weighted by Crippen LogP contribution is 2.26. The van der Waals surface area contributed by atoms with Gasteiger partial charge in [0.05, 0.1) is 22.9 Å². The molecule has 1 aliphatic heterocycles. The van der Waals surface area contributed by atoms with E-state index >= 15 is 0 Å². The number of urea groups is 1. The lowest BCUT2D eigenvalue weighted by Gasteiger charge is -2.28. The number of anilines is 1. The van der Waals surface area contributed by atoms with Gasteiger partial charge in [-0.05, 0) is 36.2 Å². The average Bonchev–Trinajstić information content (AvgIpc) is 2.49. The molecular formula is C14H11Cl3N4O. The summed E-state index contributed by atoms with van der Waals surface area (Å²) in [4.78, 5) is 14.0. The molecule has 114 valence electrons. The van der Waals surface area contributed by atoms with E-state index in [4.69, 9.17) is 34.8 Å². The monoisotopic (exact) mass is 356 g/mol. The highest BCUT2D eigenvalue weighted by Gasteiger charge is 2.22. The maximum absolute atomic E-state index is 12.3. The van der Waals surface area contributed by atoms with Crippen molar-refractivity contribution in [2.24, 2.45) is 0 Å². The smallest absolute Gasteiger partial charge is 0.318 e. The van der Waals surface area contributed by atoms with Crippen molar-refractivity contribution in [2.45, 2.75) is 13.0 Å². The van der Waals surface area contributed by atoms with Crippen molar-refractivity contribution in [1.29, 1.82) is 0 Å². The third-order valence-corrected chi connectivity index (χ3v) is 4.11. The summed E-state index contributed by atoms with van der Waals surface area (Å²) in [6.07, 6.45) is 0.687. The molecule has 1 aromatic heterocycles. The van der Waals surface area contributed by atoms with Crippen molar-refractivity contribution in [3.63, 3.8) is 0 Å². The van der Waals surface area contributed by atoms with Crippen molar-refractivity contribution >= 4 is 46.5 Å². The maximum atomic E-state index is 12.3. The largest absolute Gasteiger partial charge is 0.322 e. The van der Waals surface area contributed by atoms with Gasteiger partial charge in [0.15, 0.2) is 5.15 Å². The quantitative estimate of drug-likeness (QED) is 0.838. The van der Waals surface area contributed by atoms with Gasteiger partial charge < -0.3 is 10.2 Å². The fraction of sp³-hybridized carbons (Fsp3) is 0.214. The number of nitrogens with zero attached hydrogens (tertiary/aromatic N) is 3. The number of rotatable bonds is 1. The van der Waals surface area contributed by atoms with Crippen LogP contribution >= 0.6 is 34.8 Å². The van der Waals surface area contributed by atoms with E-state index in [-0.39, 0.29) is 6.03 Å². The molecule has 3 rings (SSSR count). The van der Waals surface area contributed by atoms with E-state index in [1.807, 2.05) is 0 Å². The minimum absolute atomic E-state index is 0.244. The van der Waals surface area contributed by atoms with Gasteiger partial charge in [0, 0.05) is 11.6 Å². The lowest BCUT2D eigenvalue weighted by atomic mass is 10.1. The lowest BCUT2D eigenvalue weighted by Crippen LogP contribution is -2.39. The Bertz CT molecular complexity index is 738. The predicted octanol–water partition coefficient (Wildman–Crippen LogP) is 4.03. The second-order valence-electron chi connectivity index (χ2n) is 4.86. The Morgan fingerprint density at radius 3 is 2.77 bits per heavy atom. The van der Waals surface area contributed by atoms with Gasteiger partial charge in [-0.25, -0.2) is 4.79 Å². The molecule has 0 radical (unpaired) electrons. The van der Waals surface area contributed by atoms with Crippen LogP contribution in [0.15, 0.2) is 24.3 Å². The first-order valence-electron chi connectivity index (χ1n) is 6.55. The Morgan fingerprint density at radius 1 is 1.18 bits per heavy atom. The molecule has 0 saturated carbocycles. The van der Waals surface area contributed by atoms with Crippen LogP contribution < -0.4 is 5.32 Å². The molecule has 0 fully saturated rings. The van der Waals surface area contributed by atoms with Gasteiger partial charge in [-0.1, -0.05) is 34.8 Å². The number of carbonyl (C=O) groups is 1. The van der Waals surface area contributed by atoms with Gasteiger partial charge in [-0.2, -0.15) is 5.10 Å². The van der Waals surface area contributed by atoms with Gasteiger partial charge in [0.2, 0.25) is 0 Å². The molecule has 0 bridgehead atoms. The zero-order chi connectivity index (χ0) is 15.7. The summed E-state index contributed by atoms with van der Waals surface area (Å²) in [7, 11) is 0. The standard InChI is InChI=1S/C14H11Cl3N4O/c15-9-1-2-11(10(16)6-9)18-14(22)21-4-3-8-5-13(17)20-19-12(8)7-21/h1-2,5-6H,3-4,7H2,(H,18,22). The molecule has 2 heterocycles. The van der Waals surface area contributed by atoms with Gasteiger partial charge in [0.25, 0.3) is 0 Å². The third-order valence-electron chi connectivity index (χ3n) is 3.38. The Labute approximate surface area is 142 Å². The van der Waals surface area contributed by atoms with Crippen LogP contribution in [-0.4, -0.2) is 27.7 Å². The molecule has 1 aliphatic rings. The van der Waals surface area contributed by atoms with Crippen molar-refractivity contribution in [3.8, 4) is 0 Å². The van der Waals surface area contributed by atoms with Crippen LogP contribution in [0.4, 0.5) is 10.5 Å². The summed E-state index contributed by atoms with van der Waals surface area (Å²) in [6.45, 7) is 0.961. The molecule has 2 amide bonds. The molecule has 8 heteroatoms. The van der Waals surface area contributed by atoms with E-state index in [9.17, 15) is 4.79 Å². The van der Waals surface area contributed by atoms with Crippen LogP contribution in [-0.2, 0) is 13.0 Å². The summed E-state index contributed by atoms with van der Waals surface area (Å²) >= 11 is 17.7. The molecule has 0 unspecified atom stereocenters. The second kappa shape index (κ2) is 6.28. The zero-order valence-electron chi connectivity index (χ0n) is 11.3. The molecule has 1 N–H and O–H groups in total. The fourth-order valence-electron chi connectivity index (χ4n) is 2.25. The van der Waals surface area contributed by atoms with Crippen LogP contribution in [0.5, 0.6) is 0 Å². The number of fused-ring (bicyclic) bond motifs is 1. The topological polar surface area (TPSA) is 58.1 Å². The number of carbonyl (C=O) groups excluding carboxylic acids is 1. The van der Waals surface area contributed by atoms with E-state index in [0.717, 1.165) is 11.3 Å². The number of hydrogen-bond acceptors (Lipinski definition) is 3. The lowest BCUT2D eigenvalue weighted by molar-refractivity contribution is 0.205. The molecular weight excluding hydrogens is 347 g/mol. The first kappa shape index (κ1) is 15.3. The summed E-state index contributed by atoms with van der Waals surface area (Å²) in [6, 6.07) is 6.46. The predicted molar refractivity (Wildman–Crippen MR) is 86.6 cm³/mol. The van der Waals surface area contributed by atoms with E-state index in [1.165, 1.54) is 0 Å². The average molecular weight is 358 g/mol.